The number of amides is 1. The molecule has 2 aromatic rings. The third-order valence-corrected chi connectivity index (χ3v) is 4.49. The molecular formula is C23H22N2O4. The number of para-hydroxylation sites is 1. The maximum absolute atomic E-state index is 12.7. The quantitative estimate of drug-likeness (QED) is 0.705. The van der Waals surface area contributed by atoms with Gasteiger partial charge in [0.2, 0.25) is 0 Å². The van der Waals surface area contributed by atoms with Crippen molar-refractivity contribution in [2.75, 3.05) is 24.7 Å². The normalized spacial score (nSPS) is 12.1. The fourth-order valence-corrected chi connectivity index (χ4v) is 3.20. The molecule has 2 aromatic carbocycles. The molecule has 3 rings (SSSR count). The van der Waals surface area contributed by atoms with Crippen molar-refractivity contribution in [3.63, 3.8) is 0 Å². The van der Waals surface area contributed by atoms with E-state index in [-0.39, 0.29) is 25.5 Å². The second-order valence-corrected chi connectivity index (χ2v) is 6.87. The molecule has 0 aliphatic carbocycles. The Hall–Kier alpha value is -3.59. The molecule has 148 valence electrons. The zero-order valence-corrected chi connectivity index (χ0v) is 16.5. The highest BCUT2D eigenvalue weighted by atomic mass is 16.5. The number of rotatable bonds is 6. The number of hydrogen-bond donors (Lipinski definition) is 0. The molecule has 1 aliphatic rings. The number of fused-ring (bicyclic) bond motifs is 1. The maximum atomic E-state index is 12.7. The number of nitriles is 1. The number of aryl methyl sites for hydroxylation is 2. The lowest BCUT2D eigenvalue weighted by Crippen LogP contribution is -2.36. The van der Waals surface area contributed by atoms with Gasteiger partial charge in [0.15, 0.2) is 6.61 Å². The molecule has 1 heterocycles. The molecule has 0 aromatic heterocycles. The van der Waals surface area contributed by atoms with Gasteiger partial charge in [-0.3, -0.25) is 4.79 Å². The summed E-state index contributed by atoms with van der Waals surface area (Å²) in [7, 11) is 0. The zero-order valence-electron chi connectivity index (χ0n) is 16.5. The van der Waals surface area contributed by atoms with Gasteiger partial charge in [-0.2, -0.15) is 5.26 Å². The Morgan fingerprint density at radius 3 is 2.62 bits per heavy atom. The summed E-state index contributed by atoms with van der Waals surface area (Å²) in [6, 6.07) is 15.2. The third-order valence-electron chi connectivity index (χ3n) is 4.49. The van der Waals surface area contributed by atoms with Crippen LogP contribution < -0.4 is 9.64 Å². The number of carbonyl (C=O) groups excluding carboxylic acids is 2. The van der Waals surface area contributed by atoms with Gasteiger partial charge in [-0.25, -0.2) is 4.79 Å². The predicted octanol–water partition coefficient (Wildman–Crippen LogP) is 3.57. The standard InChI is InChI=1S/C23H22N2O4/c1-16-10-17(2)12-20(11-16)25(9-5-8-24)22(26)15-29-23(27)19-13-18-6-3-4-7-21(18)28-14-19/h3-4,6-7,10-13H,5,9,14-15H2,1-2H3. The van der Waals surface area contributed by atoms with E-state index in [0.29, 0.717) is 17.0 Å². The number of anilines is 1. The van der Waals surface area contributed by atoms with Crippen LogP contribution in [-0.4, -0.2) is 31.6 Å². The minimum atomic E-state index is -0.589. The van der Waals surface area contributed by atoms with Gasteiger partial charge in [0.25, 0.3) is 5.91 Å². The largest absolute Gasteiger partial charge is 0.488 e. The van der Waals surface area contributed by atoms with Gasteiger partial charge in [0, 0.05) is 17.8 Å². The van der Waals surface area contributed by atoms with E-state index < -0.39 is 12.6 Å². The van der Waals surface area contributed by atoms with Gasteiger partial charge >= 0.3 is 5.97 Å². The van der Waals surface area contributed by atoms with Crippen LogP contribution in [0.5, 0.6) is 5.75 Å². The molecule has 0 unspecified atom stereocenters. The highest BCUT2D eigenvalue weighted by Crippen LogP contribution is 2.26. The Morgan fingerprint density at radius 2 is 1.90 bits per heavy atom. The SMILES string of the molecule is Cc1cc(C)cc(N(CCC#N)C(=O)COC(=O)C2=Cc3ccccc3OC2)c1. The van der Waals surface area contributed by atoms with Gasteiger partial charge in [0.1, 0.15) is 12.4 Å². The van der Waals surface area contributed by atoms with E-state index in [1.165, 1.54) is 4.90 Å². The molecule has 29 heavy (non-hydrogen) atoms. The van der Waals surface area contributed by atoms with Crippen LogP contribution in [0.2, 0.25) is 0 Å². The summed E-state index contributed by atoms with van der Waals surface area (Å²) >= 11 is 0. The topological polar surface area (TPSA) is 79.6 Å². The number of esters is 1. The van der Waals surface area contributed by atoms with E-state index >= 15 is 0 Å². The van der Waals surface area contributed by atoms with Crippen LogP contribution in [0, 0.1) is 25.2 Å². The van der Waals surface area contributed by atoms with Gasteiger partial charge in [0.05, 0.1) is 18.1 Å². The van der Waals surface area contributed by atoms with Gasteiger partial charge in [-0.05, 0) is 49.2 Å². The number of nitrogens with zero attached hydrogens (tertiary/aromatic N) is 2. The van der Waals surface area contributed by atoms with Crippen LogP contribution in [0.1, 0.15) is 23.1 Å². The smallest absolute Gasteiger partial charge is 0.338 e. The fourth-order valence-electron chi connectivity index (χ4n) is 3.20. The lowest BCUT2D eigenvalue weighted by molar-refractivity contribution is -0.144. The van der Waals surface area contributed by atoms with E-state index in [2.05, 4.69) is 6.07 Å². The first-order chi connectivity index (χ1) is 14.0. The fraction of sp³-hybridized carbons (Fsp3) is 0.261. The van der Waals surface area contributed by atoms with E-state index in [0.717, 1.165) is 16.7 Å². The monoisotopic (exact) mass is 390 g/mol. The van der Waals surface area contributed by atoms with Crippen LogP contribution in [0.15, 0.2) is 48.0 Å². The van der Waals surface area contributed by atoms with Gasteiger partial charge in [-0.1, -0.05) is 24.3 Å². The molecule has 0 radical (unpaired) electrons. The second kappa shape index (κ2) is 9.07. The third kappa shape index (κ3) is 5.02. The summed E-state index contributed by atoms with van der Waals surface area (Å²) in [5.41, 5.74) is 3.85. The first-order valence-electron chi connectivity index (χ1n) is 9.33. The molecule has 0 saturated heterocycles. The van der Waals surface area contributed by atoms with Crippen LogP contribution in [0.4, 0.5) is 5.69 Å². The van der Waals surface area contributed by atoms with E-state index in [1.54, 1.807) is 6.08 Å². The van der Waals surface area contributed by atoms with Crippen LogP contribution >= 0.6 is 0 Å². The first-order valence-corrected chi connectivity index (χ1v) is 9.33. The maximum Gasteiger partial charge on any atom is 0.338 e. The highest BCUT2D eigenvalue weighted by Gasteiger charge is 2.22. The molecule has 0 bridgehead atoms. The summed E-state index contributed by atoms with van der Waals surface area (Å²) in [5.74, 6) is -0.262. The zero-order chi connectivity index (χ0) is 20.8. The molecule has 0 spiro atoms. The average molecular weight is 390 g/mol. The molecule has 0 saturated carbocycles. The van der Waals surface area contributed by atoms with Gasteiger partial charge in [-0.15, -0.1) is 0 Å². The van der Waals surface area contributed by atoms with E-state index in [1.807, 2.05) is 56.3 Å². The lowest BCUT2D eigenvalue weighted by atomic mass is 10.1. The summed E-state index contributed by atoms with van der Waals surface area (Å²) < 4.78 is 10.8. The summed E-state index contributed by atoms with van der Waals surface area (Å²) in [4.78, 5) is 26.6. The Kier molecular flexibility index (Phi) is 6.30. The second-order valence-electron chi connectivity index (χ2n) is 6.87. The number of carbonyl (C=O) groups is 2. The van der Waals surface area contributed by atoms with Crippen LogP contribution in [0.3, 0.4) is 0 Å². The summed E-state index contributed by atoms with van der Waals surface area (Å²) in [6.45, 7) is 3.80. The molecule has 0 fully saturated rings. The Labute approximate surface area is 170 Å². The first kappa shape index (κ1) is 20.2. The van der Waals surface area contributed by atoms with Crippen molar-refractivity contribution in [2.24, 2.45) is 0 Å². The number of ether oxygens (including phenoxy) is 2. The Bertz CT molecular complexity index is 984. The van der Waals surface area contributed by atoms with Crippen LogP contribution in [0.25, 0.3) is 6.08 Å². The van der Waals surface area contributed by atoms with Crippen molar-refractivity contribution < 1.29 is 19.1 Å². The lowest BCUT2D eigenvalue weighted by Gasteiger charge is -2.23. The molecule has 6 heteroatoms. The van der Waals surface area contributed by atoms with Crippen molar-refractivity contribution in [3.05, 3.63) is 64.7 Å². The Balaban J connectivity index is 1.69. The van der Waals surface area contributed by atoms with Crippen molar-refractivity contribution >= 4 is 23.6 Å². The summed E-state index contributed by atoms with van der Waals surface area (Å²) in [6.07, 6.45) is 1.89. The van der Waals surface area contributed by atoms with E-state index in [4.69, 9.17) is 14.7 Å². The minimum Gasteiger partial charge on any atom is -0.488 e. The summed E-state index contributed by atoms with van der Waals surface area (Å²) in [5, 5.41) is 8.93. The van der Waals surface area contributed by atoms with Crippen molar-refractivity contribution in [1.29, 1.82) is 5.26 Å². The van der Waals surface area contributed by atoms with Gasteiger partial charge < -0.3 is 14.4 Å². The molecular weight excluding hydrogens is 368 g/mol. The molecule has 1 aliphatic heterocycles. The van der Waals surface area contributed by atoms with Crippen molar-refractivity contribution in [1.82, 2.24) is 0 Å². The van der Waals surface area contributed by atoms with Crippen molar-refractivity contribution in [3.8, 4) is 11.8 Å². The molecule has 1 amide bonds. The average Bonchev–Trinajstić information content (AvgIpc) is 2.71. The minimum absolute atomic E-state index is 0.0965. The van der Waals surface area contributed by atoms with E-state index in [9.17, 15) is 9.59 Å². The molecule has 0 atom stereocenters. The number of benzene rings is 2. The van der Waals surface area contributed by atoms with Crippen molar-refractivity contribution in [2.45, 2.75) is 20.3 Å². The molecule has 0 N–H and O–H groups in total. The molecule has 6 nitrogen and oxygen atoms in total. The Morgan fingerprint density at radius 1 is 1.17 bits per heavy atom. The van der Waals surface area contributed by atoms with Crippen LogP contribution in [-0.2, 0) is 14.3 Å². The number of hydrogen-bond acceptors (Lipinski definition) is 5. The highest BCUT2D eigenvalue weighted by molar-refractivity contribution is 5.99. The predicted molar refractivity (Wildman–Crippen MR) is 109 cm³/mol.